The first kappa shape index (κ1) is 20.0. The van der Waals surface area contributed by atoms with Crippen LogP contribution in [-0.4, -0.2) is 31.2 Å². The molecule has 30 heavy (non-hydrogen) atoms. The number of aryl methyl sites for hydroxylation is 1. The number of rotatable bonds is 5. The highest BCUT2D eigenvalue weighted by atomic mass is 32.2. The number of carboxylic acids is 1. The van der Waals surface area contributed by atoms with Crippen molar-refractivity contribution in [2.24, 2.45) is 0 Å². The van der Waals surface area contributed by atoms with Crippen molar-refractivity contribution in [3.63, 3.8) is 0 Å². The molecule has 8 nitrogen and oxygen atoms in total. The number of methoxy groups -OCH3 is 1. The van der Waals surface area contributed by atoms with Crippen LogP contribution in [0.1, 0.15) is 35.3 Å². The van der Waals surface area contributed by atoms with Crippen LogP contribution in [0, 0.1) is 0 Å². The molecular formula is C21H19NO7S. The molecular weight excluding hydrogens is 410 g/mol. The van der Waals surface area contributed by atoms with Gasteiger partial charge in [-0.1, -0.05) is 12.1 Å². The van der Waals surface area contributed by atoms with E-state index in [-0.39, 0.29) is 33.4 Å². The van der Waals surface area contributed by atoms with Gasteiger partial charge >= 0.3 is 16.1 Å². The molecule has 0 fully saturated rings. The molecule has 0 amide bonds. The minimum atomic E-state index is -4.20. The second-order valence-electron chi connectivity index (χ2n) is 7.10. The van der Waals surface area contributed by atoms with Gasteiger partial charge in [-0.05, 0) is 44.0 Å². The number of ether oxygens (including phenoxy) is 1. The van der Waals surface area contributed by atoms with Crippen molar-refractivity contribution in [2.75, 3.05) is 7.11 Å². The van der Waals surface area contributed by atoms with Crippen LogP contribution in [-0.2, 0) is 16.5 Å². The van der Waals surface area contributed by atoms with Crippen molar-refractivity contribution in [2.45, 2.75) is 30.7 Å². The van der Waals surface area contributed by atoms with Crippen molar-refractivity contribution >= 4 is 27.0 Å². The zero-order valence-electron chi connectivity index (χ0n) is 16.3. The number of hydrogen-bond donors (Lipinski definition) is 1. The van der Waals surface area contributed by atoms with Gasteiger partial charge in [0.1, 0.15) is 22.0 Å². The average Bonchev–Trinajstić information content (AvgIpc) is 2.72. The first-order valence-corrected chi connectivity index (χ1v) is 10.7. The Kier molecular flexibility index (Phi) is 4.77. The van der Waals surface area contributed by atoms with Gasteiger partial charge in [-0.25, -0.2) is 4.79 Å². The Hall–Kier alpha value is -3.33. The number of aromatic carboxylic acids is 1. The lowest BCUT2D eigenvalue weighted by Crippen LogP contribution is -2.24. The Bertz CT molecular complexity index is 1340. The fraction of sp³-hybridized carbons (Fsp3) is 0.238. The molecule has 156 valence electrons. The highest BCUT2D eigenvalue weighted by Gasteiger charge is 2.28. The van der Waals surface area contributed by atoms with E-state index in [2.05, 4.69) is 0 Å². The first-order valence-electron chi connectivity index (χ1n) is 9.26. The summed E-state index contributed by atoms with van der Waals surface area (Å²) in [5.74, 6) is -1.04. The molecule has 0 spiro atoms. The fourth-order valence-corrected chi connectivity index (χ4v) is 4.93. The molecule has 1 atom stereocenters. The Labute approximate surface area is 172 Å². The Morgan fingerprint density at radius 2 is 1.90 bits per heavy atom. The van der Waals surface area contributed by atoms with Gasteiger partial charge in [0.05, 0.1) is 12.6 Å². The average molecular weight is 429 g/mol. The van der Waals surface area contributed by atoms with E-state index in [1.54, 1.807) is 16.7 Å². The van der Waals surface area contributed by atoms with Gasteiger partial charge in [0.25, 0.3) is 0 Å². The Balaban J connectivity index is 1.91. The van der Waals surface area contributed by atoms with E-state index in [1.165, 1.54) is 37.6 Å². The van der Waals surface area contributed by atoms with Gasteiger partial charge in [-0.2, -0.15) is 8.42 Å². The van der Waals surface area contributed by atoms with E-state index < -0.39 is 21.5 Å². The third kappa shape index (κ3) is 3.11. The highest BCUT2D eigenvalue weighted by molar-refractivity contribution is 7.87. The molecule has 4 rings (SSSR count). The summed E-state index contributed by atoms with van der Waals surface area (Å²) >= 11 is 0. The van der Waals surface area contributed by atoms with Crippen LogP contribution in [0.2, 0.25) is 0 Å². The molecule has 1 aliphatic rings. The van der Waals surface area contributed by atoms with Crippen molar-refractivity contribution in [3.05, 3.63) is 63.9 Å². The molecule has 9 heteroatoms. The van der Waals surface area contributed by atoms with E-state index in [0.29, 0.717) is 23.9 Å². The second kappa shape index (κ2) is 7.17. The smallest absolute Gasteiger partial charge is 0.342 e. The number of carboxylic acid groups (broad SMARTS) is 1. The summed E-state index contributed by atoms with van der Waals surface area (Å²) in [6.45, 7) is 1.91. The molecule has 0 bridgehead atoms. The summed E-state index contributed by atoms with van der Waals surface area (Å²) in [5, 5.41) is 9.59. The summed E-state index contributed by atoms with van der Waals surface area (Å²) in [6, 6.07) is 8.88. The van der Waals surface area contributed by atoms with Gasteiger partial charge in [0.2, 0.25) is 5.43 Å². The maximum absolute atomic E-state index is 12.9. The monoisotopic (exact) mass is 429 g/mol. The molecule has 0 saturated carbocycles. The number of hydrogen-bond acceptors (Lipinski definition) is 6. The maximum Gasteiger partial charge on any atom is 0.342 e. The fourth-order valence-electron chi connectivity index (χ4n) is 3.80. The van der Waals surface area contributed by atoms with Crippen molar-refractivity contribution in [1.29, 1.82) is 0 Å². The molecule has 3 aromatic rings. The summed E-state index contributed by atoms with van der Waals surface area (Å²) in [5.41, 5.74) is 0.121. The van der Waals surface area contributed by atoms with Gasteiger partial charge in [0.15, 0.2) is 0 Å². The topological polar surface area (TPSA) is 112 Å². The maximum atomic E-state index is 12.9. The normalized spacial score (nSPS) is 15.7. The summed E-state index contributed by atoms with van der Waals surface area (Å²) in [7, 11) is -2.83. The van der Waals surface area contributed by atoms with Crippen molar-refractivity contribution < 1.29 is 27.2 Å². The Morgan fingerprint density at radius 3 is 2.60 bits per heavy atom. The zero-order valence-corrected chi connectivity index (χ0v) is 17.1. The second-order valence-corrected chi connectivity index (χ2v) is 8.61. The molecule has 0 aliphatic carbocycles. The van der Waals surface area contributed by atoms with Gasteiger partial charge in [0, 0.05) is 23.2 Å². The number of para-hydroxylation sites is 1. The Morgan fingerprint density at radius 1 is 1.17 bits per heavy atom. The van der Waals surface area contributed by atoms with Crippen LogP contribution in [0.15, 0.2) is 52.3 Å². The third-order valence-corrected chi connectivity index (χ3v) is 6.59. The molecule has 0 saturated heterocycles. The molecule has 1 N–H and O–H groups in total. The summed E-state index contributed by atoms with van der Waals surface area (Å²) in [6.07, 6.45) is 2.44. The largest absolute Gasteiger partial charge is 0.495 e. The lowest BCUT2D eigenvalue weighted by Gasteiger charge is -2.27. The predicted molar refractivity (Wildman–Crippen MR) is 109 cm³/mol. The van der Waals surface area contributed by atoms with E-state index in [0.717, 1.165) is 0 Å². The first-order chi connectivity index (χ1) is 14.2. The number of aromatic nitrogens is 1. The quantitative estimate of drug-likeness (QED) is 0.621. The third-order valence-electron chi connectivity index (χ3n) is 5.31. The van der Waals surface area contributed by atoms with Crippen LogP contribution in [0.3, 0.4) is 0 Å². The molecule has 1 unspecified atom stereocenters. The standard InChI is InChI=1S/C21H19NO7S/c1-12-7-8-13-16(29-30(26,27)18-6-4-3-5-17(18)28-2)10-9-14-19(13)22(12)11-15(20(14)23)21(24)25/h3-6,9-12H,7-8H2,1-2H3,(H,24,25). The molecule has 0 radical (unpaired) electrons. The van der Waals surface area contributed by atoms with Crippen LogP contribution in [0.4, 0.5) is 0 Å². The van der Waals surface area contributed by atoms with Crippen LogP contribution < -0.4 is 14.3 Å². The number of carbonyl (C=O) groups is 1. The lowest BCUT2D eigenvalue weighted by molar-refractivity contribution is 0.0694. The summed E-state index contributed by atoms with van der Waals surface area (Å²) in [4.78, 5) is 24.0. The minimum absolute atomic E-state index is 0.0558. The minimum Gasteiger partial charge on any atom is -0.495 e. The van der Waals surface area contributed by atoms with E-state index in [4.69, 9.17) is 8.92 Å². The lowest BCUT2D eigenvalue weighted by atomic mass is 9.95. The molecule has 1 aliphatic heterocycles. The van der Waals surface area contributed by atoms with E-state index in [1.807, 2.05) is 6.92 Å². The zero-order chi connectivity index (χ0) is 21.6. The SMILES string of the molecule is COc1ccccc1S(=O)(=O)Oc1ccc2c(=O)c(C(=O)O)cn3c2c1CCC3C. The van der Waals surface area contributed by atoms with E-state index in [9.17, 15) is 23.1 Å². The van der Waals surface area contributed by atoms with Crippen LogP contribution in [0.5, 0.6) is 11.5 Å². The number of benzene rings is 2. The van der Waals surface area contributed by atoms with Gasteiger partial charge in [-0.3, -0.25) is 4.79 Å². The molecule has 1 aromatic heterocycles. The number of nitrogens with zero attached hydrogens (tertiary/aromatic N) is 1. The van der Waals surface area contributed by atoms with Crippen LogP contribution in [0.25, 0.3) is 10.9 Å². The predicted octanol–water partition coefficient (Wildman–Crippen LogP) is 2.98. The van der Waals surface area contributed by atoms with Crippen LogP contribution >= 0.6 is 0 Å². The van der Waals surface area contributed by atoms with E-state index >= 15 is 0 Å². The van der Waals surface area contributed by atoms with Crippen molar-refractivity contribution in [3.8, 4) is 11.5 Å². The van der Waals surface area contributed by atoms with Crippen molar-refractivity contribution in [1.82, 2.24) is 4.57 Å². The molecule has 2 aromatic carbocycles. The number of pyridine rings is 1. The van der Waals surface area contributed by atoms with Gasteiger partial charge < -0.3 is 18.6 Å². The molecule has 2 heterocycles. The summed E-state index contributed by atoms with van der Waals surface area (Å²) < 4.78 is 38.1. The highest BCUT2D eigenvalue weighted by Crippen LogP contribution is 2.37. The van der Waals surface area contributed by atoms with Gasteiger partial charge in [-0.15, -0.1) is 0 Å².